The first-order valence-corrected chi connectivity index (χ1v) is 5.65. The molecule has 78 valence electrons. The van der Waals surface area contributed by atoms with Crippen LogP contribution in [0.15, 0.2) is 18.2 Å². The number of nitrogens with zero attached hydrogens (tertiary/aromatic N) is 1. The number of thioether (sulfide) groups is 1. The van der Waals surface area contributed by atoms with Crippen LogP contribution in [0.2, 0.25) is 5.02 Å². The van der Waals surface area contributed by atoms with Crippen LogP contribution in [0.25, 0.3) is 0 Å². The minimum atomic E-state index is -0.843. The van der Waals surface area contributed by atoms with Gasteiger partial charge >= 0.3 is 5.97 Å². The van der Waals surface area contributed by atoms with Crippen LogP contribution in [-0.2, 0) is 10.5 Å². The molecule has 0 aromatic heterocycles. The van der Waals surface area contributed by atoms with Gasteiger partial charge in [0.05, 0.1) is 17.4 Å². The molecular formula is C10H8ClNO2S. The molecule has 0 saturated heterocycles. The molecule has 0 fully saturated rings. The van der Waals surface area contributed by atoms with Crippen molar-refractivity contribution in [3.63, 3.8) is 0 Å². The first-order chi connectivity index (χ1) is 7.13. The Bertz CT molecular complexity index is 414. The third-order valence-corrected chi connectivity index (χ3v) is 2.98. The maximum atomic E-state index is 10.3. The van der Waals surface area contributed by atoms with Gasteiger partial charge in [-0.15, -0.1) is 11.8 Å². The van der Waals surface area contributed by atoms with Gasteiger partial charge in [0.25, 0.3) is 0 Å². The maximum Gasteiger partial charge on any atom is 0.313 e. The Morgan fingerprint density at radius 2 is 2.33 bits per heavy atom. The molecule has 0 saturated carbocycles. The Labute approximate surface area is 96.7 Å². The minimum absolute atomic E-state index is 0.0519. The Morgan fingerprint density at radius 1 is 1.60 bits per heavy atom. The minimum Gasteiger partial charge on any atom is -0.481 e. The number of carboxylic acids is 1. The van der Waals surface area contributed by atoms with Crippen LogP contribution in [0.1, 0.15) is 11.1 Å². The highest BCUT2D eigenvalue weighted by molar-refractivity contribution is 7.99. The van der Waals surface area contributed by atoms with E-state index in [4.69, 9.17) is 22.0 Å². The molecule has 0 spiro atoms. The highest BCUT2D eigenvalue weighted by atomic mass is 35.5. The zero-order valence-electron chi connectivity index (χ0n) is 7.74. The number of carbonyl (C=O) groups is 1. The van der Waals surface area contributed by atoms with E-state index < -0.39 is 5.97 Å². The Morgan fingerprint density at radius 3 is 2.87 bits per heavy atom. The van der Waals surface area contributed by atoms with Crippen molar-refractivity contribution in [1.82, 2.24) is 0 Å². The van der Waals surface area contributed by atoms with Crippen molar-refractivity contribution in [2.45, 2.75) is 5.75 Å². The van der Waals surface area contributed by atoms with Crippen LogP contribution < -0.4 is 0 Å². The average molecular weight is 242 g/mol. The summed E-state index contributed by atoms with van der Waals surface area (Å²) in [4.78, 5) is 10.3. The van der Waals surface area contributed by atoms with E-state index in [0.717, 1.165) is 5.56 Å². The Hall–Kier alpha value is -1.18. The fraction of sp³-hybridized carbons (Fsp3) is 0.200. The SMILES string of the molecule is N#Cc1ccc(CSCC(=O)O)c(Cl)c1. The molecule has 1 aromatic carbocycles. The quantitative estimate of drug-likeness (QED) is 0.880. The van der Waals surface area contributed by atoms with E-state index >= 15 is 0 Å². The van der Waals surface area contributed by atoms with Gasteiger partial charge in [-0.05, 0) is 17.7 Å². The predicted molar refractivity (Wildman–Crippen MR) is 60.0 cm³/mol. The number of nitriles is 1. The van der Waals surface area contributed by atoms with Gasteiger partial charge in [-0.25, -0.2) is 0 Å². The smallest absolute Gasteiger partial charge is 0.313 e. The second-order valence-corrected chi connectivity index (χ2v) is 4.20. The van der Waals surface area contributed by atoms with E-state index in [1.807, 2.05) is 6.07 Å². The highest BCUT2D eigenvalue weighted by Crippen LogP contribution is 2.22. The number of hydrogen-bond donors (Lipinski definition) is 1. The van der Waals surface area contributed by atoms with E-state index in [1.165, 1.54) is 11.8 Å². The van der Waals surface area contributed by atoms with Gasteiger partial charge in [0, 0.05) is 10.8 Å². The summed E-state index contributed by atoms with van der Waals surface area (Å²) >= 11 is 7.19. The lowest BCUT2D eigenvalue weighted by Crippen LogP contribution is -1.98. The number of carboxylic acid groups (broad SMARTS) is 1. The fourth-order valence-electron chi connectivity index (χ4n) is 0.982. The van der Waals surface area contributed by atoms with Gasteiger partial charge in [0.15, 0.2) is 0 Å². The summed E-state index contributed by atoms with van der Waals surface area (Å²) in [5.74, 6) is -0.252. The second kappa shape index (κ2) is 5.64. The van der Waals surface area contributed by atoms with Crippen molar-refractivity contribution in [3.05, 3.63) is 34.3 Å². The molecule has 3 nitrogen and oxygen atoms in total. The summed E-state index contributed by atoms with van der Waals surface area (Å²) in [6, 6.07) is 6.98. The Kier molecular flexibility index (Phi) is 4.47. The monoisotopic (exact) mass is 241 g/mol. The van der Waals surface area contributed by atoms with Gasteiger partial charge in [-0.1, -0.05) is 17.7 Å². The van der Waals surface area contributed by atoms with E-state index in [0.29, 0.717) is 16.3 Å². The lowest BCUT2D eigenvalue weighted by molar-refractivity contribution is -0.133. The van der Waals surface area contributed by atoms with Gasteiger partial charge < -0.3 is 5.11 Å². The average Bonchev–Trinajstić information content (AvgIpc) is 2.20. The van der Waals surface area contributed by atoms with E-state index in [-0.39, 0.29) is 5.75 Å². The fourth-order valence-corrected chi connectivity index (χ4v) is 2.06. The first-order valence-electron chi connectivity index (χ1n) is 4.11. The van der Waals surface area contributed by atoms with Gasteiger partial charge in [-0.2, -0.15) is 5.26 Å². The van der Waals surface area contributed by atoms with Crippen molar-refractivity contribution in [1.29, 1.82) is 5.26 Å². The lowest BCUT2D eigenvalue weighted by atomic mass is 10.2. The molecule has 0 unspecified atom stereocenters. The lowest BCUT2D eigenvalue weighted by Gasteiger charge is -2.02. The molecule has 0 radical (unpaired) electrons. The number of hydrogen-bond acceptors (Lipinski definition) is 3. The third kappa shape index (κ3) is 3.82. The van der Waals surface area contributed by atoms with Crippen LogP contribution >= 0.6 is 23.4 Å². The zero-order valence-corrected chi connectivity index (χ0v) is 9.31. The number of halogens is 1. The normalized spacial score (nSPS) is 9.60. The molecule has 1 aromatic rings. The van der Waals surface area contributed by atoms with E-state index in [9.17, 15) is 4.79 Å². The van der Waals surface area contributed by atoms with E-state index in [1.54, 1.807) is 18.2 Å². The molecule has 0 aliphatic heterocycles. The maximum absolute atomic E-state index is 10.3. The summed E-state index contributed by atoms with van der Waals surface area (Å²) in [6.45, 7) is 0. The summed E-state index contributed by atoms with van der Waals surface area (Å²) in [5, 5.41) is 17.6. The summed E-state index contributed by atoms with van der Waals surface area (Å²) in [5.41, 5.74) is 1.36. The standard InChI is InChI=1S/C10H8ClNO2S/c11-9-3-7(4-12)1-2-8(9)5-15-6-10(13)14/h1-3H,5-6H2,(H,13,14). The molecule has 1 rings (SSSR count). The third-order valence-electron chi connectivity index (χ3n) is 1.67. The summed E-state index contributed by atoms with van der Waals surface area (Å²) < 4.78 is 0. The molecule has 0 amide bonds. The molecule has 0 aliphatic rings. The molecule has 0 aliphatic carbocycles. The number of benzene rings is 1. The van der Waals surface area contributed by atoms with Gasteiger partial charge in [-0.3, -0.25) is 4.79 Å². The molecule has 0 atom stereocenters. The number of aliphatic carboxylic acids is 1. The van der Waals surface area contributed by atoms with Crippen LogP contribution in [0.4, 0.5) is 0 Å². The van der Waals surface area contributed by atoms with Gasteiger partial charge in [0.2, 0.25) is 0 Å². The second-order valence-electron chi connectivity index (χ2n) is 2.80. The molecular weight excluding hydrogens is 234 g/mol. The Balaban J connectivity index is 2.63. The van der Waals surface area contributed by atoms with Gasteiger partial charge in [0.1, 0.15) is 0 Å². The highest BCUT2D eigenvalue weighted by Gasteiger charge is 2.03. The van der Waals surface area contributed by atoms with Crippen LogP contribution in [-0.4, -0.2) is 16.8 Å². The zero-order chi connectivity index (χ0) is 11.3. The molecule has 0 heterocycles. The van der Waals surface area contributed by atoms with Crippen molar-refractivity contribution >= 4 is 29.3 Å². The summed E-state index contributed by atoms with van der Waals surface area (Å²) in [6.07, 6.45) is 0. The molecule has 15 heavy (non-hydrogen) atoms. The summed E-state index contributed by atoms with van der Waals surface area (Å²) in [7, 11) is 0. The van der Waals surface area contributed by atoms with Crippen LogP contribution in [0.3, 0.4) is 0 Å². The van der Waals surface area contributed by atoms with E-state index in [2.05, 4.69) is 0 Å². The molecule has 1 N–H and O–H groups in total. The molecule has 5 heteroatoms. The molecule has 0 bridgehead atoms. The van der Waals surface area contributed by atoms with Crippen LogP contribution in [0.5, 0.6) is 0 Å². The van der Waals surface area contributed by atoms with Crippen molar-refractivity contribution < 1.29 is 9.90 Å². The van der Waals surface area contributed by atoms with Crippen molar-refractivity contribution in [2.24, 2.45) is 0 Å². The topological polar surface area (TPSA) is 61.1 Å². The van der Waals surface area contributed by atoms with Crippen LogP contribution in [0, 0.1) is 11.3 Å². The largest absolute Gasteiger partial charge is 0.481 e. The van der Waals surface area contributed by atoms with Crippen molar-refractivity contribution in [3.8, 4) is 6.07 Å². The first kappa shape index (κ1) is 11.9. The number of rotatable bonds is 4. The van der Waals surface area contributed by atoms with Crippen molar-refractivity contribution in [2.75, 3.05) is 5.75 Å². The predicted octanol–water partition coefficient (Wildman–Crippen LogP) is 2.53.